The van der Waals surface area contributed by atoms with Crippen molar-refractivity contribution in [3.8, 4) is 17.1 Å². The first-order valence-corrected chi connectivity index (χ1v) is 10.6. The Morgan fingerprint density at radius 2 is 2.03 bits per heavy atom. The Kier molecular flexibility index (Phi) is 6.49. The van der Waals surface area contributed by atoms with Crippen LogP contribution in [0, 0.1) is 0 Å². The van der Waals surface area contributed by atoms with E-state index in [-0.39, 0.29) is 17.7 Å². The number of nitrogens with one attached hydrogen (secondary N) is 1. The third kappa shape index (κ3) is 5.14. The van der Waals surface area contributed by atoms with Crippen LogP contribution in [0.2, 0.25) is 0 Å². The quantitative estimate of drug-likeness (QED) is 0.636. The predicted octanol–water partition coefficient (Wildman–Crippen LogP) is 3.65. The minimum absolute atomic E-state index is 0.0120. The molecule has 0 aliphatic carbocycles. The van der Waals surface area contributed by atoms with Gasteiger partial charge in [-0.2, -0.15) is 4.98 Å². The zero-order valence-electron chi connectivity index (χ0n) is 18.2. The van der Waals surface area contributed by atoms with Crippen molar-refractivity contribution in [3.63, 3.8) is 0 Å². The van der Waals surface area contributed by atoms with Crippen molar-refractivity contribution in [3.05, 3.63) is 60.0 Å². The van der Waals surface area contributed by atoms with E-state index in [0.29, 0.717) is 30.4 Å². The SMILES string of the molecule is COc1cccc(CC(=O)N2CCC[C@@H](c3nc(-c4ccc(NC(C)=O)cc4)no3)C2)c1. The highest BCUT2D eigenvalue weighted by atomic mass is 16.5. The average Bonchev–Trinajstić information content (AvgIpc) is 3.30. The number of carbonyl (C=O) groups excluding carboxylic acids is 2. The lowest BCUT2D eigenvalue weighted by Crippen LogP contribution is -2.40. The summed E-state index contributed by atoms with van der Waals surface area (Å²) < 4.78 is 10.8. The van der Waals surface area contributed by atoms with Gasteiger partial charge in [-0.3, -0.25) is 9.59 Å². The number of amides is 2. The van der Waals surface area contributed by atoms with Gasteiger partial charge in [-0.25, -0.2) is 0 Å². The molecule has 1 aromatic heterocycles. The molecule has 2 aromatic carbocycles. The molecule has 32 heavy (non-hydrogen) atoms. The van der Waals surface area contributed by atoms with E-state index in [1.54, 1.807) is 19.2 Å². The smallest absolute Gasteiger partial charge is 0.231 e. The molecule has 0 saturated carbocycles. The summed E-state index contributed by atoms with van der Waals surface area (Å²) in [5.74, 6) is 1.76. The predicted molar refractivity (Wildman–Crippen MR) is 119 cm³/mol. The average molecular weight is 434 g/mol. The van der Waals surface area contributed by atoms with Crippen molar-refractivity contribution in [1.29, 1.82) is 0 Å². The molecule has 1 saturated heterocycles. The Balaban J connectivity index is 1.40. The molecular weight excluding hydrogens is 408 g/mol. The molecule has 1 N–H and O–H groups in total. The fourth-order valence-corrected chi connectivity index (χ4v) is 3.90. The number of hydrogen-bond acceptors (Lipinski definition) is 6. The molecule has 8 nitrogen and oxygen atoms in total. The summed E-state index contributed by atoms with van der Waals surface area (Å²) in [7, 11) is 1.62. The summed E-state index contributed by atoms with van der Waals surface area (Å²) in [6, 6.07) is 14.9. The number of aromatic nitrogens is 2. The van der Waals surface area contributed by atoms with Crippen LogP contribution >= 0.6 is 0 Å². The molecule has 0 bridgehead atoms. The molecule has 3 aromatic rings. The highest BCUT2D eigenvalue weighted by Gasteiger charge is 2.28. The third-order valence-corrected chi connectivity index (χ3v) is 5.52. The lowest BCUT2D eigenvalue weighted by molar-refractivity contribution is -0.131. The number of nitrogens with zero attached hydrogens (tertiary/aromatic N) is 3. The minimum Gasteiger partial charge on any atom is -0.497 e. The normalized spacial score (nSPS) is 15.9. The summed E-state index contributed by atoms with van der Waals surface area (Å²) >= 11 is 0. The molecule has 2 heterocycles. The van der Waals surface area contributed by atoms with Crippen molar-refractivity contribution in [1.82, 2.24) is 15.0 Å². The molecule has 4 rings (SSSR count). The summed E-state index contributed by atoms with van der Waals surface area (Å²) in [5.41, 5.74) is 2.44. The van der Waals surface area contributed by atoms with Gasteiger partial charge in [0.2, 0.25) is 23.5 Å². The van der Waals surface area contributed by atoms with Gasteiger partial charge in [0.25, 0.3) is 0 Å². The summed E-state index contributed by atoms with van der Waals surface area (Å²) in [4.78, 5) is 30.5. The van der Waals surface area contributed by atoms with Gasteiger partial charge in [-0.1, -0.05) is 17.3 Å². The van der Waals surface area contributed by atoms with E-state index in [1.807, 2.05) is 41.3 Å². The van der Waals surface area contributed by atoms with Crippen LogP contribution in [-0.4, -0.2) is 47.1 Å². The van der Waals surface area contributed by atoms with Crippen LogP contribution < -0.4 is 10.1 Å². The second-order valence-corrected chi connectivity index (χ2v) is 7.92. The fraction of sp³-hybridized carbons (Fsp3) is 0.333. The molecule has 1 fully saturated rings. The Hall–Kier alpha value is -3.68. The first-order valence-electron chi connectivity index (χ1n) is 10.6. The standard InChI is InChI=1S/C24H26N4O4/c1-16(29)25-20-10-8-18(9-11-20)23-26-24(32-27-23)19-6-4-12-28(15-19)22(30)14-17-5-3-7-21(13-17)31-2/h3,5,7-11,13,19H,4,6,12,14-15H2,1-2H3,(H,25,29)/t19-/m1/s1. The first-order chi connectivity index (χ1) is 15.5. The number of hydrogen-bond donors (Lipinski definition) is 1. The van der Waals surface area contributed by atoms with Gasteiger partial charge in [0.1, 0.15) is 5.75 Å². The molecule has 2 amide bonds. The Bertz CT molecular complexity index is 1090. The van der Waals surface area contributed by atoms with Gasteiger partial charge in [-0.15, -0.1) is 0 Å². The van der Waals surface area contributed by atoms with E-state index in [2.05, 4.69) is 15.5 Å². The van der Waals surface area contributed by atoms with Crippen molar-refractivity contribution in [2.45, 2.75) is 32.1 Å². The zero-order chi connectivity index (χ0) is 22.5. The van der Waals surface area contributed by atoms with Gasteiger partial charge in [0.05, 0.1) is 19.4 Å². The van der Waals surface area contributed by atoms with Crippen LogP contribution in [0.25, 0.3) is 11.4 Å². The van der Waals surface area contributed by atoms with Gasteiger partial charge >= 0.3 is 0 Å². The van der Waals surface area contributed by atoms with E-state index in [4.69, 9.17) is 9.26 Å². The Labute approximate surface area is 186 Å². The van der Waals surface area contributed by atoms with Crippen molar-refractivity contribution >= 4 is 17.5 Å². The van der Waals surface area contributed by atoms with Crippen molar-refractivity contribution < 1.29 is 18.8 Å². The van der Waals surface area contributed by atoms with E-state index < -0.39 is 0 Å². The van der Waals surface area contributed by atoms with Crippen molar-refractivity contribution in [2.75, 3.05) is 25.5 Å². The summed E-state index contributed by atoms with van der Waals surface area (Å²) in [6.07, 6.45) is 2.11. The van der Waals surface area contributed by atoms with Gasteiger partial charge in [-0.05, 0) is 54.8 Å². The second kappa shape index (κ2) is 9.64. The second-order valence-electron chi connectivity index (χ2n) is 7.92. The monoisotopic (exact) mass is 434 g/mol. The maximum atomic E-state index is 12.9. The molecule has 1 atom stereocenters. The van der Waals surface area contributed by atoms with Crippen LogP contribution in [0.1, 0.15) is 37.1 Å². The molecule has 1 aliphatic rings. The summed E-state index contributed by atoms with van der Waals surface area (Å²) in [6.45, 7) is 2.76. The zero-order valence-corrected chi connectivity index (χ0v) is 18.2. The van der Waals surface area contributed by atoms with Gasteiger partial charge in [0.15, 0.2) is 0 Å². The molecule has 166 valence electrons. The lowest BCUT2D eigenvalue weighted by Gasteiger charge is -2.31. The number of carbonyl (C=O) groups is 2. The maximum Gasteiger partial charge on any atom is 0.231 e. The van der Waals surface area contributed by atoms with E-state index >= 15 is 0 Å². The molecule has 1 aliphatic heterocycles. The number of benzene rings is 2. The Morgan fingerprint density at radius 3 is 2.78 bits per heavy atom. The Morgan fingerprint density at radius 1 is 1.22 bits per heavy atom. The first kappa shape index (κ1) is 21.5. The summed E-state index contributed by atoms with van der Waals surface area (Å²) in [5, 5.41) is 6.85. The highest BCUT2D eigenvalue weighted by Crippen LogP contribution is 2.28. The number of ether oxygens (including phenoxy) is 1. The van der Waals surface area contributed by atoms with Gasteiger partial charge in [0, 0.05) is 31.3 Å². The van der Waals surface area contributed by atoms with E-state index in [1.165, 1.54) is 6.92 Å². The number of rotatable bonds is 6. The van der Waals surface area contributed by atoms with Crippen LogP contribution in [0.15, 0.2) is 53.1 Å². The number of anilines is 1. The largest absolute Gasteiger partial charge is 0.497 e. The molecular formula is C24H26N4O4. The van der Waals surface area contributed by atoms with Crippen LogP contribution in [0.4, 0.5) is 5.69 Å². The van der Waals surface area contributed by atoms with Gasteiger partial charge < -0.3 is 19.5 Å². The van der Waals surface area contributed by atoms with Crippen LogP contribution in [-0.2, 0) is 16.0 Å². The fourth-order valence-electron chi connectivity index (χ4n) is 3.90. The number of piperidine rings is 1. The van der Waals surface area contributed by atoms with Crippen LogP contribution in [0.5, 0.6) is 5.75 Å². The minimum atomic E-state index is -0.123. The van der Waals surface area contributed by atoms with E-state index in [0.717, 1.165) is 36.3 Å². The van der Waals surface area contributed by atoms with E-state index in [9.17, 15) is 9.59 Å². The molecule has 0 radical (unpaired) electrons. The maximum absolute atomic E-state index is 12.9. The molecule has 8 heteroatoms. The molecule has 0 spiro atoms. The topological polar surface area (TPSA) is 97.6 Å². The number of likely N-dealkylation sites (tertiary alicyclic amines) is 1. The lowest BCUT2D eigenvalue weighted by atomic mass is 9.97. The van der Waals surface area contributed by atoms with Crippen LogP contribution in [0.3, 0.4) is 0 Å². The third-order valence-electron chi connectivity index (χ3n) is 5.52. The number of methoxy groups -OCH3 is 1. The highest BCUT2D eigenvalue weighted by molar-refractivity contribution is 5.88. The van der Waals surface area contributed by atoms with Crippen molar-refractivity contribution in [2.24, 2.45) is 0 Å². The molecule has 0 unspecified atom stereocenters.